The van der Waals surface area contributed by atoms with E-state index in [4.69, 9.17) is 15.3 Å². The van der Waals surface area contributed by atoms with Crippen LogP contribution in [0.1, 0.15) is 27.7 Å². The summed E-state index contributed by atoms with van der Waals surface area (Å²) < 4.78 is 0. The van der Waals surface area contributed by atoms with Gasteiger partial charge in [-0.1, -0.05) is 0 Å². The van der Waals surface area contributed by atoms with Crippen LogP contribution in [0.3, 0.4) is 0 Å². The maximum Gasteiger partial charge on any atom is 0.126 e. The van der Waals surface area contributed by atoms with E-state index in [2.05, 4.69) is 16.0 Å². The quantitative estimate of drug-likeness (QED) is 0.295. The molecule has 0 aromatic rings. The van der Waals surface area contributed by atoms with E-state index in [1.54, 1.807) is 27.7 Å². The molecule has 0 spiro atoms. The van der Waals surface area contributed by atoms with Gasteiger partial charge in [0.25, 0.3) is 0 Å². The summed E-state index contributed by atoms with van der Waals surface area (Å²) in [4.78, 5) is 0. The predicted octanol–water partition coefficient (Wildman–Crippen LogP) is -1.56. The Hall–Kier alpha value is -0.240. The molecular formula is C8H21N3O3. The molecule has 0 saturated heterocycles. The molecule has 6 nitrogen and oxygen atoms in total. The third-order valence-electron chi connectivity index (χ3n) is 1.49. The van der Waals surface area contributed by atoms with Crippen LogP contribution >= 0.6 is 0 Å². The predicted molar refractivity (Wildman–Crippen MR) is 52.9 cm³/mol. The Labute approximate surface area is 84.3 Å². The fourth-order valence-electron chi connectivity index (χ4n) is 1.38. The lowest BCUT2D eigenvalue weighted by Gasteiger charge is -2.36. The van der Waals surface area contributed by atoms with Gasteiger partial charge in [0.15, 0.2) is 0 Å². The summed E-state index contributed by atoms with van der Waals surface area (Å²) in [5, 5.41) is 35.7. The Balaban J connectivity index is 4.32. The van der Waals surface area contributed by atoms with E-state index in [0.717, 1.165) is 0 Å². The molecule has 0 rings (SSSR count). The molecule has 0 aliphatic heterocycles. The van der Waals surface area contributed by atoms with Crippen molar-refractivity contribution in [1.29, 1.82) is 0 Å². The molecule has 0 saturated carbocycles. The third-order valence-corrected chi connectivity index (χ3v) is 1.49. The minimum Gasteiger partial charge on any atom is -0.379 e. The van der Waals surface area contributed by atoms with Crippen LogP contribution < -0.4 is 16.0 Å². The third kappa shape index (κ3) is 6.25. The van der Waals surface area contributed by atoms with E-state index in [1.807, 2.05) is 0 Å². The SMILES string of the molecule is CC(O)NC(C)(NC(C)O)NC(C)O. The van der Waals surface area contributed by atoms with Crippen molar-refractivity contribution in [3.63, 3.8) is 0 Å². The van der Waals surface area contributed by atoms with Gasteiger partial charge in [-0.15, -0.1) is 0 Å². The van der Waals surface area contributed by atoms with Gasteiger partial charge in [0, 0.05) is 0 Å². The van der Waals surface area contributed by atoms with E-state index < -0.39 is 24.5 Å². The molecule has 0 aromatic carbocycles. The van der Waals surface area contributed by atoms with Crippen molar-refractivity contribution < 1.29 is 15.3 Å². The minimum atomic E-state index is -0.934. The molecule has 6 heteroatoms. The van der Waals surface area contributed by atoms with Crippen molar-refractivity contribution in [2.75, 3.05) is 0 Å². The molecule has 14 heavy (non-hydrogen) atoms. The summed E-state index contributed by atoms with van der Waals surface area (Å²) in [6, 6.07) is 0. The molecule has 6 N–H and O–H groups in total. The second-order valence-corrected chi connectivity index (χ2v) is 3.59. The van der Waals surface area contributed by atoms with Crippen molar-refractivity contribution in [3.05, 3.63) is 0 Å². The standard InChI is InChI=1S/C8H21N3O3/c1-5(12)9-8(4,10-6(2)13)11-7(3)14/h5-7,9-14H,1-4H3. The highest BCUT2D eigenvalue weighted by atomic mass is 16.3. The van der Waals surface area contributed by atoms with Gasteiger partial charge in [-0.25, -0.2) is 0 Å². The molecule has 0 bridgehead atoms. The van der Waals surface area contributed by atoms with Crippen molar-refractivity contribution in [2.45, 2.75) is 52.2 Å². The topological polar surface area (TPSA) is 96.8 Å². The highest BCUT2D eigenvalue weighted by Crippen LogP contribution is 1.98. The highest BCUT2D eigenvalue weighted by molar-refractivity contribution is 4.78. The van der Waals surface area contributed by atoms with Crippen LogP contribution in [0, 0.1) is 0 Å². The molecule has 0 heterocycles. The van der Waals surface area contributed by atoms with Gasteiger partial charge in [0.05, 0.1) is 0 Å². The maximum atomic E-state index is 9.16. The van der Waals surface area contributed by atoms with Gasteiger partial charge in [0.1, 0.15) is 24.5 Å². The van der Waals surface area contributed by atoms with Crippen LogP contribution in [0.2, 0.25) is 0 Å². The Morgan fingerprint density at radius 3 is 1.14 bits per heavy atom. The summed E-state index contributed by atoms with van der Waals surface area (Å²) in [5.74, 6) is -0.934. The van der Waals surface area contributed by atoms with Gasteiger partial charge in [-0.3, -0.25) is 16.0 Å². The van der Waals surface area contributed by atoms with E-state index >= 15 is 0 Å². The lowest BCUT2D eigenvalue weighted by Crippen LogP contribution is -2.69. The highest BCUT2D eigenvalue weighted by Gasteiger charge is 2.27. The molecule has 0 aromatic heterocycles. The number of aliphatic hydroxyl groups is 3. The molecule has 0 aliphatic carbocycles. The largest absolute Gasteiger partial charge is 0.379 e. The Morgan fingerprint density at radius 1 is 0.786 bits per heavy atom. The zero-order valence-corrected chi connectivity index (χ0v) is 9.07. The first-order valence-electron chi connectivity index (χ1n) is 4.62. The van der Waals surface area contributed by atoms with Crippen molar-refractivity contribution in [1.82, 2.24) is 16.0 Å². The molecule has 3 atom stereocenters. The number of hydrogen-bond acceptors (Lipinski definition) is 6. The van der Waals surface area contributed by atoms with E-state index in [9.17, 15) is 0 Å². The Morgan fingerprint density at radius 2 is 1.00 bits per heavy atom. The summed E-state index contributed by atoms with van der Waals surface area (Å²) in [6.07, 6.45) is -2.30. The van der Waals surface area contributed by atoms with Crippen molar-refractivity contribution in [3.8, 4) is 0 Å². The van der Waals surface area contributed by atoms with Crippen LogP contribution in [-0.2, 0) is 0 Å². The number of aliphatic hydroxyl groups excluding tert-OH is 3. The monoisotopic (exact) mass is 207 g/mol. The molecular weight excluding hydrogens is 186 g/mol. The fraction of sp³-hybridized carbons (Fsp3) is 1.00. The smallest absolute Gasteiger partial charge is 0.126 e. The molecule has 0 amide bonds. The minimum absolute atomic E-state index is 0.766. The molecule has 0 aliphatic rings. The molecule has 3 unspecified atom stereocenters. The van der Waals surface area contributed by atoms with Crippen LogP contribution in [-0.4, -0.2) is 39.8 Å². The number of rotatable bonds is 6. The molecule has 0 fully saturated rings. The first-order valence-corrected chi connectivity index (χ1v) is 4.62. The Bertz CT molecular complexity index is 135. The van der Waals surface area contributed by atoms with Crippen LogP contribution in [0.25, 0.3) is 0 Å². The number of nitrogens with one attached hydrogen (secondary N) is 3. The lowest BCUT2D eigenvalue weighted by molar-refractivity contribution is 0.0000226. The van der Waals surface area contributed by atoms with Crippen molar-refractivity contribution in [2.24, 2.45) is 0 Å². The normalized spacial score (nSPS) is 22.5. The lowest BCUT2D eigenvalue weighted by atomic mass is 10.3. The summed E-state index contributed by atoms with van der Waals surface area (Å²) in [6.45, 7) is 6.31. The summed E-state index contributed by atoms with van der Waals surface area (Å²) in [7, 11) is 0. The molecule has 0 radical (unpaired) electrons. The second kappa shape index (κ2) is 5.59. The number of hydrogen-bond donors (Lipinski definition) is 6. The van der Waals surface area contributed by atoms with Gasteiger partial charge in [-0.2, -0.15) is 0 Å². The van der Waals surface area contributed by atoms with Gasteiger partial charge < -0.3 is 15.3 Å². The summed E-state index contributed by atoms with van der Waals surface area (Å²) >= 11 is 0. The fourth-order valence-corrected chi connectivity index (χ4v) is 1.38. The van der Waals surface area contributed by atoms with E-state index in [-0.39, 0.29) is 0 Å². The van der Waals surface area contributed by atoms with E-state index in [0.29, 0.717) is 0 Å². The van der Waals surface area contributed by atoms with Crippen LogP contribution in [0.4, 0.5) is 0 Å². The first-order chi connectivity index (χ1) is 6.25. The Kier molecular flexibility index (Phi) is 5.50. The molecule has 86 valence electrons. The second-order valence-electron chi connectivity index (χ2n) is 3.59. The average molecular weight is 207 g/mol. The van der Waals surface area contributed by atoms with Gasteiger partial charge in [-0.05, 0) is 27.7 Å². The average Bonchev–Trinajstić information content (AvgIpc) is 1.76. The van der Waals surface area contributed by atoms with Crippen LogP contribution in [0.5, 0.6) is 0 Å². The zero-order chi connectivity index (χ0) is 11.4. The van der Waals surface area contributed by atoms with Gasteiger partial charge in [0.2, 0.25) is 0 Å². The summed E-state index contributed by atoms with van der Waals surface area (Å²) in [5.41, 5.74) is 0. The van der Waals surface area contributed by atoms with Crippen molar-refractivity contribution >= 4 is 0 Å². The zero-order valence-electron chi connectivity index (χ0n) is 9.07. The van der Waals surface area contributed by atoms with Crippen LogP contribution in [0.15, 0.2) is 0 Å². The van der Waals surface area contributed by atoms with E-state index in [1.165, 1.54) is 0 Å². The first kappa shape index (κ1) is 13.8. The maximum absolute atomic E-state index is 9.16. The van der Waals surface area contributed by atoms with Gasteiger partial charge >= 0.3 is 0 Å².